The van der Waals surface area contributed by atoms with Crippen LogP contribution < -0.4 is 11.1 Å². The van der Waals surface area contributed by atoms with Crippen molar-refractivity contribution < 1.29 is 9.21 Å². The molecule has 144 valence electrons. The van der Waals surface area contributed by atoms with Crippen molar-refractivity contribution in [3.8, 4) is 0 Å². The summed E-state index contributed by atoms with van der Waals surface area (Å²) in [6.07, 6.45) is 5.87. The second kappa shape index (κ2) is 8.39. The summed E-state index contributed by atoms with van der Waals surface area (Å²) in [6.45, 7) is 0.794. The van der Waals surface area contributed by atoms with Crippen LogP contribution in [-0.2, 0) is 11.3 Å². The molecule has 0 saturated carbocycles. The first-order valence-electron chi connectivity index (χ1n) is 8.89. The molecule has 28 heavy (non-hydrogen) atoms. The van der Waals surface area contributed by atoms with E-state index >= 15 is 0 Å². The van der Waals surface area contributed by atoms with E-state index < -0.39 is 5.91 Å². The number of carbonyl (C=O) groups is 1. The molecule has 1 aromatic heterocycles. The molecule has 5 N–H and O–H groups in total. The average Bonchev–Trinajstić information content (AvgIpc) is 3.25. The van der Waals surface area contributed by atoms with Crippen LogP contribution in [0, 0.1) is 10.8 Å². The van der Waals surface area contributed by atoms with Gasteiger partial charge < -0.3 is 25.8 Å². The van der Waals surface area contributed by atoms with Gasteiger partial charge in [0.25, 0.3) is 5.91 Å². The molecule has 0 saturated heterocycles. The zero-order valence-electron chi connectivity index (χ0n) is 15.6. The molecule has 1 aromatic carbocycles. The summed E-state index contributed by atoms with van der Waals surface area (Å²) in [5, 5.41) is 18.9. The third-order valence-electron chi connectivity index (χ3n) is 4.70. The summed E-state index contributed by atoms with van der Waals surface area (Å²) in [6, 6.07) is 11.2. The molecule has 1 unspecified atom stereocenters. The molecule has 7 nitrogen and oxygen atoms in total. The number of benzene rings is 1. The average molecular weight is 377 g/mol. The maximum atomic E-state index is 12.9. The van der Waals surface area contributed by atoms with Crippen molar-refractivity contribution in [1.29, 1.82) is 10.8 Å². The monoisotopic (exact) mass is 377 g/mol. The van der Waals surface area contributed by atoms with Crippen molar-refractivity contribution in [2.45, 2.75) is 12.5 Å². The highest BCUT2D eigenvalue weighted by Crippen LogP contribution is 2.32. The van der Waals surface area contributed by atoms with E-state index in [-0.39, 0.29) is 17.3 Å². The number of hydrogen-bond donors (Lipinski definition) is 4. The first-order valence-corrected chi connectivity index (χ1v) is 8.89. The minimum Gasteiger partial charge on any atom is -0.463 e. The molecule has 0 fully saturated rings. The van der Waals surface area contributed by atoms with Gasteiger partial charge in [-0.2, -0.15) is 0 Å². The number of hydrogen-bond acceptors (Lipinski definition) is 6. The van der Waals surface area contributed by atoms with Crippen LogP contribution in [0.4, 0.5) is 0 Å². The van der Waals surface area contributed by atoms with Gasteiger partial charge >= 0.3 is 0 Å². The quantitative estimate of drug-likeness (QED) is 0.578. The number of nitrogens with one attached hydrogen (secondary N) is 3. The van der Waals surface area contributed by atoms with Crippen molar-refractivity contribution in [3.63, 3.8) is 0 Å². The van der Waals surface area contributed by atoms with Crippen LogP contribution in [0.2, 0.25) is 0 Å². The molecule has 3 rings (SSSR count). The van der Waals surface area contributed by atoms with Crippen molar-refractivity contribution in [2.75, 3.05) is 13.6 Å². The van der Waals surface area contributed by atoms with E-state index in [2.05, 4.69) is 5.32 Å². The Balaban J connectivity index is 1.87. The van der Waals surface area contributed by atoms with Crippen LogP contribution in [0.1, 0.15) is 22.8 Å². The van der Waals surface area contributed by atoms with Crippen molar-refractivity contribution >= 4 is 23.5 Å². The maximum Gasteiger partial charge on any atom is 0.272 e. The molecule has 0 bridgehead atoms. The van der Waals surface area contributed by atoms with Gasteiger partial charge in [-0.25, -0.2) is 0 Å². The summed E-state index contributed by atoms with van der Waals surface area (Å²) in [7, 11) is 1.78. The van der Waals surface area contributed by atoms with Gasteiger partial charge in [-0.1, -0.05) is 24.3 Å². The van der Waals surface area contributed by atoms with E-state index in [1.165, 1.54) is 18.6 Å². The largest absolute Gasteiger partial charge is 0.463 e. The summed E-state index contributed by atoms with van der Waals surface area (Å²) in [5.74, 6) is -0.136. The third-order valence-corrected chi connectivity index (χ3v) is 4.70. The fourth-order valence-electron chi connectivity index (χ4n) is 3.36. The second-order valence-corrected chi connectivity index (χ2v) is 6.51. The zero-order chi connectivity index (χ0) is 20.1. The molecular weight excluding hydrogens is 354 g/mol. The fourth-order valence-corrected chi connectivity index (χ4v) is 3.36. The lowest BCUT2D eigenvalue weighted by Crippen LogP contribution is -2.42. The predicted octanol–water partition coefficient (Wildman–Crippen LogP) is 2.48. The predicted molar refractivity (Wildman–Crippen MR) is 109 cm³/mol. The van der Waals surface area contributed by atoms with E-state index in [0.717, 1.165) is 16.7 Å². The fraction of sp³-hybridized carbons (Fsp3) is 0.190. The molecule has 7 heteroatoms. The summed E-state index contributed by atoms with van der Waals surface area (Å²) in [4.78, 5) is 14.5. The van der Waals surface area contributed by atoms with Crippen LogP contribution in [0.3, 0.4) is 0 Å². The van der Waals surface area contributed by atoms with Crippen LogP contribution in [0.15, 0.2) is 64.9 Å². The lowest BCUT2D eigenvalue weighted by Gasteiger charge is -2.35. The molecular formula is C21H23N5O2. The van der Waals surface area contributed by atoms with Gasteiger partial charge in [-0.3, -0.25) is 10.2 Å². The Bertz CT molecular complexity index is 943. The van der Waals surface area contributed by atoms with Gasteiger partial charge in [0, 0.05) is 38.5 Å². The number of amides is 1. The zero-order valence-corrected chi connectivity index (χ0v) is 15.6. The topological polar surface area (TPSA) is 119 Å². The van der Waals surface area contributed by atoms with Gasteiger partial charge in [0.1, 0.15) is 11.5 Å². The first-order chi connectivity index (χ1) is 13.5. The molecule has 1 atom stereocenters. The Morgan fingerprint density at radius 1 is 1.32 bits per heavy atom. The van der Waals surface area contributed by atoms with Gasteiger partial charge in [0.05, 0.1) is 12.0 Å². The summed E-state index contributed by atoms with van der Waals surface area (Å²) in [5.41, 5.74) is 8.82. The molecule has 0 spiro atoms. The number of carbonyl (C=O) groups excluding carboxylic acids is 1. The molecule has 1 aliphatic rings. The van der Waals surface area contributed by atoms with E-state index in [1.54, 1.807) is 30.3 Å². The molecule has 1 aliphatic heterocycles. The Kier molecular flexibility index (Phi) is 5.74. The molecule has 2 aromatic rings. The van der Waals surface area contributed by atoms with E-state index in [1.807, 2.05) is 24.3 Å². The molecule has 0 aliphatic carbocycles. The highest BCUT2D eigenvalue weighted by atomic mass is 16.3. The number of fused-ring (bicyclic) bond motifs is 1. The SMILES string of the molecule is CN/C=C(\C=N)C1CN(C(=O)C(=N)/C=C(\N)c2ccco2)Cc2ccccc21. The number of rotatable bonds is 6. The van der Waals surface area contributed by atoms with E-state index in [4.69, 9.17) is 21.0 Å². The van der Waals surface area contributed by atoms with Crippen molar-refractivity contribution in [2.24, 2.45) is 5.73 Å². The van der Waals surface area contributed by atoms with Crippen molar-refractivity contribution in [1.82, 2.24) is 10.2 Å². The highest BCUT2D eigenvalue weighted by molar-refractivity contribution is 6.43. The van der Waals surface area contributed by atoms with E-state index in [9.17, 15) is 4.79 Å². The van der Waals surface area contributed by atoms with Gasteiger partial charge in [0.2, 0.25) is 0 Å². The van der Waals surface area contributed by atoms with Gasteiger partial charge in [-0.05, 0) is 34.9 Å². The Morgan fingerprint density at radius 3 is 2.79 bits per heavy atom. The number of furan rings is 1. The van der Waals surface area contributed by atoms with Gasteiger partial charge in [0.15, 0.2) is 0 Å². The van der Waals surface area contributed by atoms with Crippen LogP contribution in [0.25, 0.3) is 5.70 Å². The molecule has 0 radical (unpaired) electrons. The minimum absolute atomic E-state index is 0.141. The first kappa shape index (κ1) is 19.2. The van der Waals surface area contributed by atoms with Crippen LogP contribution in [-0.4, -0.2) is 36.3 Å². The molecule has 2 heterocycles. The highest BCUT2D eigenvalue weighted by Gasteiger charge is 2.30. The van der Waals surface area contributed by atoms with Crippen molar-refractivity contribution in [3.05, 3.63) is 77.4 Å². The number of nitrogens with two attached hydrogens (primary N) is 1. The molecule has 1 amide bonds. The van der Waals surface area contributed by atoms with Crippen LogP contribution in [0.5, 0.6) is 0 Å². The Morgan fingerprint density at radius 2 is 2.11 bits per heavy atom. The summed E-state index contributed by atoms with van der Waals surface area (Å²) < 4.78 is 5.20. The number of nitrogens with zero attached hydrogens (tertiary/aromatic N) is 1. The van der Waals surface area contributed by atoms with Gasteiger partial charge in [-0.15, -0.1) is 0 Å². The second-order valence-electron chi connectivity index (χ2n) is 6.51. The standard InChI is InChI=1S/C21H23N5O2/c1-25-11-15(10-22)17-13-26(12-14-5-2-3-6-16(14)17)21(27)19(24)9-18(23)20-7-4-8-28-20/h2-11,17,22,24-25H,12-13,23H2,1H3/b15-11+,18-9-,22-10?,24-19?. The lowest BCUT2D eigenvalue weighted by molar-refractivity contribution is -0.125. The Hall–Kier alpha value is -3.61. The Labute approximate surface area is 163 Å². The van der Waals surface area contributed by atoms with E-state index in [0.29, 0.717) is 18.8 Å². The maximum absolute atomic E-state index is 12.9. The normalized spacial score (nSPS) is 17.0. The minimum atomic E-state index is -0.414. The van der Waals surface area contributed by atoms with Crippen LogP contribution >= 0.6 is 0 Å². The third kappa shape index (κ3) is 3.88. The lowest BCUT2D eigenvalue weighted by atomic mass is 9.85. The smallest absolute Gasteiger partial charge is 0.272 e. The summed E-state index contributed by atoms with van der Waals surface area (Å²) >= 11 is 0.